The molecule has 6 nitrogen and oxygen atoms in total. The van der Waals surface area contributed by atoms with Gasteiger partial charge < -0.3 is 19.0 Å². The van der Waals surface area contributed by atoms with Gasteiger partial charge in [-0.15, -0.1) is 0 Å². The molecule has 132 valence electrons. The van der Waals surface area contributed by atoms with Gasteiger partial charge >= 0.3 is 0 Å². The summed E-state index contributed by atoms with van der Waals surface area (Å²) in [5.41, 5.74) is 3.69. The van der Waals surface area contributed by atoms with Gasteiger partial charge in [-0.3, -0.25) is 4.79 Å². The van der Waals surface area contributed by atoms with Crippen molar-refractivity contribution in [2.45, 2.75) is 26.7 Å². The van der Waals surface area contributed by atoms with E-state index in [4.69, 9.17) is 9.15 Å². The van der Waals surface area contributed by atoms with Crippen molar-refractivity contribution < 1.29 is 13.9 Å². The highest BCUT2D eigenvalue weighted by molar-refractivity contribution is 5.94. The van der Waals surface area contributed by atoms with E-state index in [1.54, 1.807) is 0 Å². The fourth-order valence-corrected chi connectivity index (χ4v) is 3.45. The molecule has 2 aromatic rings. The highest BCUT2D eigenvalue weighted by Gasteiger charge is 2.28. The number of ether oxygens (including phenoxy) is 1. The lowest BCUT2D eigenvalue weighted by atomic mass is 10.1. The second-order valence-electron chi connectivity index (χ2n) is 6.73. The molecule has 1 aromatic heterocycles. The number of anilines is 1. The molecule has 0 saturated carbocycles. The molecular weight excluding hydrogens is 318 g/mol. The zero-order valence-electron chi connectivity index (χ0n) is 14.7. The van der Waals surface area contributed by atoms with Crippen molar-refractivity contribution in [3.63, 3.8) is 0 Å². The number of amides is 1. The van der Waals surface area contributed by atoms with Crippen molar-refractivity contribution in [1.29, 1.82) is 0 Å². The molecule has 0 spiro atoms. The zero-order chi connectivity index (χ0) is 17.4. The van der Waals surface area contributed by atoms with Crippen molar-refractivity contribution >= 4 is 23.0 Å². The maximum absolute atomic E-state index is 12.7. The largest absolute Gasteiger partial charge is 0.498 e. The summed E-state index contributed by atoms with van der Waals surface area (Å²) >= 11 is 0. The molecule has 0 atom stereocenters. The summed E-state index contributed by atoms with van der Waals surface area (Å²) in [6.07, 6.45) is 1.73. The van der Waals surface area contributed by atoms with E-state index in [9.17, 15) is 4.79 Å². The van der Waals surface area contributed by atoms with Crippen LogP contribution in [0.3, 0.4) is 0 Å². The zero-order valence-corrected chi connectivity index (χ0v) is 14.7. The predicted molar refractivity (Wildman–Crippen MR) is 95.4 cm³/mol. The first-order valence-electron chi connectivity index (χ1n) is 8.86. The number of fused-ring (bicyclic) bond motifs is 1. The molecule has 1 amide bonds. The number of carbonyl (C=O) groups excluding carboxylic acids is 1. The van der Waals surface area contributed by atoms with Gasteiger partial charge in [0.05, 0.1) is 12.2 Å². The number of hydrogen-bond acceptors (Lipinski definition) is 5. The summed E-state index contributed by atoms with van der Waals surface area (Å²) < 4.78 is 11.4. The second-order valence-corrected chi connectivity index (χ2v) is 6.73. The van der Waals surface area contributed by atoms with Crippen molar-refractivity contribution in [1.82, 2.24) is 9.88 Å². The predicted octanol–water partition coefficient (Wildman–Crippen LogP) is 2.87. The van der Waals surface area contributed by atoms with Crippen LogP contribution in [0.5, 0.6) is 0 Å². The van der Waals surface area contributed by atoms with Crippen LogP contribution < -0.4 is 4.90 Å². The molecule has 2 aliphatic heterocycles. The number of piperazine rings is 1. The molecule has 0 radical (unpaired) electrons. The lowest BCUT2D eigenvalue weighted by Gasteiger charge is -2.35. The fourth-order valence-electron chi connectivity index (χ4n) is 3.45. The van der Waals surface area contributed by atoms with E-state index in [-0.39, 0.29) is 5.91 Å². The Balaban J connectivity index is 1.44. The quantitative estimate of drug-likeness (QED) is 0.841. The van der Waals surface area contributed by atoms with Crippen LogP contribution in [0.4, 0.5) is 6.01 Å². The van der Waals surface area contributed by atoms with Crippen molar-refractivity contribution in [2.24, 2.45) is 0 Å². The molecular formula is C19H23N3O3. The Bertz CT molecular complexity index is 832. The van der Waals surface area contributed by atoms with Crippen LogP contribution in [0.2, 0.25) is 0 Å². The van der Waals surface area contributed by atoms with Crippen LogP contribution in [0.25, 0.3) is 11.1 Å². The van der Waals surface area contributed by atoms with Gasteiger partial charge in [0.2, 0.25) is 0 Å². The van der Waals surface area contributed by atoms with Gasteiger partial charge in [-0.1, -0.05) is 6.07 Å². The molecule has 25 heavy (non-hydrogen) atoms. The Morgan fingerprint density at radius 3 is 2.72 bits per heavy atom. The third-order valence-electron chi connectivity index (χ3n) is 4.94. The number of aromatic nitrogens is 1. The maximum atomic E-state index is 12.7. The minimum atomic E-state index is 0.116. The highest BCUT2D eigenvalue weighted by atomic mass is 16.5. The summed E-state index contributed by atoms with van der Waals surface area (Å²) in [7, 11) is 0. The number of hydrogen-bond donors (Lipinski definition) is 0. The first-order valence-corrected chi connectivity index (χ1v) is 8.86. The summed E-state index contributed by atoms with van der Waals surface area (Å²) in [6, 6.07) is 6.65. The van der Waals surface area contributed by atoms with Crippen LogP contribution in [0, 0.1) is 6.92 Å². The first-order chi connectivity index (χ1) is 12.1. The Labute approximate surface area is 147 Å². The molecule has 0 N–H and O–H groups in total. The molecule has 1 saturated heterocycles. The van der Waals surface area contributed by atoms with Crippen molar-refractivity contribution in [3.8, 4) is 0 Å². The average molecular weight is 341 g/mol. The molecule has 2 aliphatic rings. The van der Waals surface area contributed by atoms with Crippen LogP contribution in [0.15, 0.2) is 33.9 Å². The van der Waals surface area contributed by atoms with E-state index >= 15 is 0 Å². The van der Waals surface area contributed by atoms with Crippen LogP contribution in [0.1, 0.15) is 25.3 Å². The third kappa shape index (κ3) is 3.08. The van der Waals surface area contributed by atoms with Crippen LogP contribution in [-0.4, -0.2) is 48.6 Å². The maximum Gasteiger partial charge on any atom is 0.298 e. The topological polar surface area (TPSA) is 58.8 Å². The second kappa shape index (κ2) is 6.43. The lowest BCUT2D eigenvalue weighted by Crippen LogP contribution is -2.49. The fraction of sp³-hybridized carbons (Fsp3) is 0.474. The number of nitrogens with zero attached hydrogens (tertiary/aromatic N) is 3. The van der Waals surface area contributed by atoms with E-state index < -0.39 is 0 Å². The Kier molecular flexibility index (Phi) is 4.11. The number of carbonyl (C=O) groups is 1. The molecule has 1 fully saturated rings. The van der Waals surface area contributed by atoms with E-state index in [0.717, 1.165) is 48.4 Å². The summed E-state index contributed by atoms with van der Waals surface area (Å²) in [4.78, 5) is 21.3. The van der Waals surface area contributed by atoms with Gasteiger partial charge in [0.1, 0.15) is 11.3 Å². The Morgan fingerprint density at radius 1 is 1.16 bits per heavy atom. The third-order valence-corrected chi connectivity index (χ3v) is 4.94. The molecule has 1 aromatic carbocycles. The normalized spacial score (nSPS) is 18.6. The summed E-state index contributed by atoms with van der Waals surface area (Å²) in [6.45, 7) is 7.45. The smallest absolute Gasteiger partial charge is 0.298 e. The molecule has 0 aliphatic carbocycles. The summed E-state index contributed by atoms with van der Waals surface area (Å²) in [5.74, 6) is 0.901. The first kappa shape index (κ1) is 16.0. The number of oxazole rings is 1. The standard InChI is InChI=1S/C19H23N3O3/c1-13-5-6-17-16(12-13)20-19(25-17)22-9-7-21(8-10-22)18(23)15-4-3-11-24-14(15)2/h5-6,12H,3-4,7-11H2,1-2H3. The summed E-state index contributed by atoms with van der Waals surface area (Å²) in [5, 5.41) is 0. The van der Waals surface area contributed by atoms with Gasteiger partial charge in [0, 0.05) is 26.2 Å². The number of allylic oxidation sites excluding steroid dienone is 1. The minimum Gasteiger partial charge on any atom is -0.498 e. The van der Waals surface area contributed by atoms with Crippen molar-refractivity contribution in [2.75, 3.05) is 37.7 Å². The Morgan fingerprint density at radius 2 is 1.96 bits per heavy atom. The van der Waals surface area contributed by atoms with E-state index in [2.05, 4.69) is 9.88 Å². The average Bonchev–Trinajstić information content (AvgIpc) is 3.05. The molecule has 4 rings (SSSR count). The van der Waals surface area contributed by atoms with E-state index in [0.29, 0.717) is 25.7 Å². The van der Waals surface area contributed by atoms with Gasteiger partial charge in [-0.25, -0.2) is 0 Å². The van der Waals surface area contributed by atoms with Gasteiger partial charge in [0.25, 0.3) is 11.9 Å². The lowest BCUT2D eigenvalue weighted by molar-refractivity contribution is -0.128. The van der Waals surface area contributed by atoms with Crippen molar-refractivity contribution in [3.05, 3.63) is 35.1 Å². The SMILES string of the molecule is CC1=C(C(=O)N2CCN(c3nc4cc(C)ccc4o3)CC2)CCCO1. The highest BCUT2D eigenvalue weighted by Crippen LogP contribution is 2.25. The van der Waals surface area contributed by atoms with Gasteiger partial charge in [-0.2, -0.15) is 4.98 Å². The minimum absolute atomic E-state index is 0.116. The number of benzene rings is 1. The molecule has 0 bridgehead atoms. The van der Waals surface area contributed by atoms with Crippen LogP contribution >= 0.6 is 0 Å². The Hall–Kier alpha value is -2.50. The number of aryl methyl sites for hydroxylation is 1. The van der Waals surface area contributed by atoms with Gasteiger partial charge in [-0.05, 0) is 44.4 Å². The van der Waals surface area contributed by atoms with Gasteiger partial charge in [0.15, 0.2) is 5.58 Å². The molecule has 0 unspecified atom stereocenters. The van der Waals surface area contributed by atoms with Crippen LogP contribution in [-0.2, 0) is 9.53 Å². The van der Waals surface area contributed by atoms with E-state index in [1.165, 1.54) is 5.56 Å². The van der Waals surface area contributed by atoms with E-state index in [1.807, 2.05) is 36.9 Å². The number of rotatable bonds is 2. The molecule has 6 heteroatoms. The monoisotopic (exact) mass is 341 g/mol. The molecule has 3 heterocycles.